The van der Waals surface area contributed by atoms with Gasteiger partial charge in [0.1, 0.15) is 0 Å². The molecule has 0 radical (unpaired) electrons. The van der Waals surface area contributed by atoms with Crippen molar-refractivity contribution in [2.75, 3.05) is 12.3 Å². The molecule has 0 bridgehead atoms. The van der Waals surface area contributed by atoms with Crippen LogP contribution in [-0.2, 0) is 11.3 Å². The van der Waals surface area contributed by atoms with Gasteiger partial charge in [0.2, 0.25) is 0 Å². The minimum absolute atomic E-state index is 0.194. The summed E-state index contributed by atoms with van der Waals surface area (Å²) >= 11 is 3.46. The number of rotatable bonds is 5. The molecule has 0 saturated heterocycles. The van der Waals surface area contributed by atoms with E-state index in [1.165, 1.54) is 0 Å². The predicted molar refractivity (Wildman–Crippen MR) is 76.5 cm³/mol. The van der Waals surface area contributed by atoms with Crippen LogP contribution in [0.25, 0.3) is 11.4 Å². The minimum atomic E-state index is 0.194. The zero-order valence-electron chi connectivity index (χ0n) is 10.9. The number of ether oxygens (including phenoxy) is 1. The number of nitrogens with zero attached hydrogens (tertiary/aromatic N) is 4. The second kappa shape index (κ2) is 6.12. The van der Waals surface area contributed by atoms with Crippen LogP contribution < -0.4 is 5.73 Å². The lowest BCUT2D eigenvalue weighted by Gasteiger charge is -2.09. The molecule has 0 saturated carbocycles. The smallest absolute Gasteiger partial charge is 0.183 e. The maximum atomic E-state index is 5.87. The molecule has 1 heterocycles. The van der Waals surface area contributed by atoms with E-state index in [4.69, 9.17) is 10.5 Å². The van der Waals surface area contributed by atoms with Crippen molar-refractivity contribution >= 4 is 21.6 Å². The van der Waals surface area contributed by atoms with E-state index >= 15 is 0 Å². The van der Waals surface area contributed by atoms with Crippen LogP contribution in [0.5, 0.6) is 0 Å². The number of nitrogen functional groups attached to an aromatic ring is 1. The van der Waals surface area contributed by atoms with Crippen LogP contribution in [-0.4, -0.2) is 32.9 Å². The Hall–Kier alpha value is -1.47. The van der Waals surface area contributed by atoms with Crippen LogP contribution in [0, 0.1) is 0 Å². The SMILES string of the molecule is CC(C)OCCn1nnnc1-c1cccc(N)c1Br. The normalized spacial score (nSPS) is 11.2. The summed E-state index contributed by atoms with van der Waals surface area (Å²) in [6.07, 6.45) is 0.194. The molecule has 0 amide bonds. The highest BCUT2D eigenvalue weighted by Crippen LogP contribution is 2.30. The summed E-state index contributed by atoms with van der Waals surface area (Å²) in [6, 6.07) is 5.62. The van der Waals surface area contributed by atoms with Crippen LogP contribution >= 0.6 is 15.9 Å². The molecule has 2 aromatic rings. The molecule has 2 N–H and O–H groups in total. The summed E-state index contributed by atoms with van der Waals surface area (Å²) in [7, 11) is 0. The van der Waals surface area contributed by atoms with Gasteiger partial charge in [0.25, 0.3) is 0 Å². The van der Waals surface area contributed by atoms with Crippen molar-refractivity contribution in [1.29, 1.82) is 0 Å². The molecule has 0 aliphatic heterocycles. The average Bonchev–Trinajstić information content (AvgIpc) is 2.80. The van der Waals surface area contributed by atoms with Gasteiger partial charge >= 0.3 is 0 Å². The third-order valence-corrected chi connectivity index (χ3v) is 3.44. The lowest BCUT2D eigenvalue weighted by Crippen LogP contribution is -2.12. The molecular weight excluding hydrogens is 310 g/mol. The number of hydrogen-bond acceptors (Lipinski definition) is 5. The molecule has 0 unspecified atom stereocenters. The van der Waals surface area contributed by atoms with E-state index in [2.05, 4.69) is 31.5 Å². The molecule has 19 heavy (non-hydrogen) atoms. The first-order valence-electron chi connectivity index (χ1n) is 6.01. The summed E-state index contributed by atoms with van der Waals surface area (Å²) in [4.78, 5) is 0. The maximum absolute atomic E-state index is 5.87. The van der Waals surface area contributed by atoms with E-state index in [9.17, 15) is 0 Å². The van der Waals surface area contributed by atoms with Crippen LogP contribution in [0.2, 0.25) is 0 Å². The van der Waals surface area contributed by atoms with E-state index < -0.39 is 0 Å². The van der Waals surface area contributed by atoms with Gasteiger partial charge in [0.05, 0.1) is 23.7 Å². The first kappa shape index (κ1) is 14.0. The van der Waals surface area contributed by atoms with Gasteiger partial charge in [-0.2, -0.15) is 0 Å². The third kappa shape index (κ3) is 3.30. The summed E-state index contributed by atoms with van der Waals surface area (Å²) in [5.74, 6) is 0.673. The number of halogens is 1. The summed E-state index contributed by atoms with van der Waals surface area (Å²) in [5.41, 5.74) is 7.40. The molecule has 0 fully saturated rings. The quantitative estimate of drug-likeness (QED) is 0.852. The molecule has 0 spiro atoms. The van der Waals surface area contributed by atoms with Crippen LogP contribution in [0.1, 0.15) is 13.8 Å². The van der Waals surface area contributed by atoms with Crippen LogP contribution in [0.15, 0.2) is 22.7 Å². The molecule has 0 aliphatic carbocycles. The third-order valence-electron chi connectivity index (χ3n) is 2.56. The molecule has 1 aromatic heterocycles. The highest BCUT2D eigenvalue weighted by molar-refractivity contribution is 9.10. The largest absolute Gasteiger partial charge is 0.398 e. The van der Waals surface area contributed by atoms with E-state index in [1.807, 2.05) is 32.0 Å². The van der Waals surface area contributed by atoms with Gasteiger partial charge in [0, 0.05) is 11.3 Å². The van der Waals surface area contributed by atoms with Gasteiger partial charge in [0.15, 0.2) is 5.82 Å². The minimum Gasteiger partial charge on any atom is -0.398 e. The van der Waals surface area contributed by atoms with Crippen LogP contribution in [0.3, 0.4) is 0 Å². The summed E-state index contributed by atoms with van der Waals surface area (Å²) < 4.78 is 8.02. The number of benzene rings is 1. The Morgan fingerprint density at radius 2 is 2.21 bits per heavy atom. The van der Waals surface area contributed by atoms with Crippen molar-refractivity contribution in [3.8, 4) is 11.4 Å². The Bertz CT molecular complexity index is 555. The first-order chi connectivity index (χ1) is 9.09. The Balaban J connectivity index is 2.21. The van der Waals surface area contributed by atoms with Gasteiger partial charge in [-0.15, -0.1) is 5.10 Å². The van der Waals surface area contributed by atoms with Crippen molar-refractivity contribution in [1.82, 2.24) is 20.2 Å². The predicted octanol–water partition coefficient (Wildman–Crippen LogP) is 2.11. The Morgan fingerprint density at radius 1 is 1.42 bits per heavy atom. The average molecular weight is 326 g/mol. The molecule has 0 atom stereocenters. The molecule has 1 aromatic carbocycles. The number of aromatic nitrogens is 4. The Kier molecular flexibility index (Phi) is 4.49. The molecule has 2 rings (SSSR count). The van der Waals surface area contributed by atoms with Gasteiger partial charge < -0.3 is 10.5 Å². The summed E-state index contributed by atoms with van der Waals surface area (Å²) in [6.45, 7) is 5.15. The second-order valence-corrected chi connectivity index (χ2v) is 5.15. The van der Waals surface area contributed by atoms with E-state index in [0.29, 0.717) is 24.7 Å². The van der Waals surface area contributed by atoms with Crippen LogP contribution in [0.4, 0.5) is 5.69 Å². The van der Waals surface area contributed by atoms with Crippen molar-refractivity contribution < 1.29 is 4.74 Å². The second-order valence-electron chi connectivity index (χ2n) is 4.35. The van der Waals surface area contributed by atoms with Gasteiger partial charge in [-0.3, -0.25) is 0 Å². The molecule has 6 nitrogen and oxygen atoms in total. The van der Waals surface area contributed by atoms with Gasteiger partial charge in [-0.25, -0.2) is 4.68 Å². The number of anilines is 1. The molecule has 0 aliphatic rings. The fourth-order valence-electron chi connectivity index (χ4n) is 1.65. The number of tetrazole rings is 1. The number of hydrogen-bond donors (Lipinski definition) is 1. The van der Waals surface area contributed by atoms with Crippen molar-refractivity contribution in [2.45, 2.75) is 26.5 Å². The zero-order chi connectivity index (χ0) is 13.8. The Labute approximate surface area is 120 Å². The van der Waals surface area contributed by atoms with E-state index in [0.717, 1.165) is 10.0 Å². The fourth-order valence-corrected chi connectivity index (χ4v) is 2.09. The molecule has 102 valence electrons. The highest BCUT2D eigenvalue weighted by atomic mass is 79.9. The molecular formula is C12H16BrN5O. The Morgan fingerprint density at radius 3 is 2.95 bits per heavy atom. The topological polar surface area (TPSA) is 78.8 Å². The van der Waals surface area contributed by atoms with Crippen molar-refractivity contribution in [3.63, 3.8) is 0 Å². The van der Waals surface area contributed by atoms with Crippen molar-refractivity contribution in [3.05, 3.63) is 22.7 Å². The first-order valence-corrected chi connectivity index (χ1v) is 6.81. The van der Waals surface area contributed by atoms with Gasteiger partial charge in [-0.1, -0.05) is 6.07 Å². The number of nitrogens with two attached hydrogens (primary N) is 1. The monoisotopic (exact) mass is 325 g/mol. The highest BCUT2D eigenvalue weighted by Gasteiger charge is 2.13. The lowest BCUT2D eigenvalue weighted by molar-refractivity contribution is 0.0709. The van der Waals surface area contributed by atoms with E-state index in [-0.39, 0.29) is 6.10 Å². The molecule has 7 heteroatoms. The zero-order valence-corrected chi connectivity index (χ0v) is 12.5. The standard InChI is InChI=1S/C12H16BrN5O/c1-8(2)19-7-6-18-12(15-16-17-18)9-4-3-5-10(14)11(9)13/h3-5,8H,6-7,14H2,1-2H3. The maximum Gasteiger partial charge on any atom is 0.183 e. The fraction of sp³-hybridized carbons (Fsp3) is 0.417. The van der Waals surface area contributed by atoms with Crippen molar-refractivity contribution in [2.24, 2.45) is 0 Å². The van der Waals surface area contributed by atoms with E-state index in [1.54, 1.807) is 4.68 Å². The summed E-state index contributed by atoms with van der Waals surface area (Å²) in [5, 5.41) is 11.7. The lowest BCUT2D eigenvalue weighted by atomic mass is 10.2. The van der Waals surface area contributed by atoms with Gasteiger partial charge in [-0.05, 0) is 52.3 Å².